The zero-order valence-electron chi connectivity index (χ0n) is 9.40. The third-order valence-corrected chi connectivity index (χ3v) is 2.40. The Balaban J connectivity index is 2.82. The van der Waals surface area contributed by atoms with Gasteiger partial charge in [-0.25, -0.2) is 4.98 Å². The topological polar surface area (TPSA) is 72.9 Å². The molecule has 1 aromatic heterocycles. The highest BCUT2D eigenvalue weighted by Crippen LogP contribution is 2.17. The van der Waals surface area contributed by atoms with Crippen molar-refractivity contribution in [1.82, 2.24) is 14.9 Å². The van der Waals surface area contributed by atoms with Crippen LogP contribution in [-0.2, 0) is 11.3 Å². The van der Waals surface area contributed by atoms with E-state index in [4.69, 9.17) is 5.73 Å². The molecule has 1 rings (SSSR count). The van der Waals surface area contributed by atoms with Gasteiger partial charge in [-0.2, -0.15) is 0 Å². The van der Waals surface area contributed by atoms with Crippen molar-refractivity contribution in [2.24, 2.45) is 11.7 Å². The summed E-state index contributed by atoms with van der Waals surface area (Å²) in [4.78, 5) is 15.2. The normalized spacial score (nSPS) is 12.9. The monoisotopic (exact) mass is 210 g/mol. The second-order valence-electron chi connectivity index (χ2n) is 3.89. The number of nitrogens with two attached hydrogens (primary N) is 1. The van der Waals surface area contributed by atoms with E-state index in [-0.39, 0.29) is 18.5 Å². The first-order valence-electron chi connectivity index (χ1n) is 5.02. The van der Waals surface area contributed by atoms with E-state index >= 15 is 0 Å². The van der Waals surface area contributed by atoms with Crippen LogP contribution in [-0.4, -0.2) is 22.5 Å². The van der Waals surface area contributed by atoms with E-state index in [1.54, 1.807) is 24.1 Å². The molecular formula is C10H18N4O. The van der Waals surface area contributed by atoms with Crippen LogP contribution in [0.4, 0.5) is 0 Å². The van der Waals surface area contributed by atoms with Crippen LogP contribution in [0.15, 0.2) is 12.5 Å². The second-order valence-corrected chi connectivity index (χ2v) is 3.89. The SMILES string of the molecule is CNC(=O)Cn1cncc1C(N)C(C)C. The highest BCUT2D eigenvalue weighted by Gasteiger charge is 2.15. The average molecular weight is 210 g/mol. The van der Waals surface area contributed by atoms with Gasteiger partial charge in [0.15, 0.2) is 0 Å². The molecule has 1 amide bonds. The van der Waals surface area contributed by atoms with Crippen LogP contribution in [0.5, 0.6) is 0 Å². The molecule has 15 heavy (non-hydrogen) atoms. The van der Waals surface area contributed by atoms with Crippen LogP contribution >= 0.6 is 0 Å². The molecule has 0 fully saturated rings. The largest absolute Gasteiger partial charge is 0.358 e. The van der Waals surface area contributed by atoms with Crippen LogP contribution in [0.25, 0.3) is 0 Å². The van der Waals surface area contributed by atoms with E-state index in [0.717, 1.165) is 5.69 Å². The van der Waals surface area contributed by atoms with Gasteiger partial charge in [-0.15, -0.1) is 0 Å². The first-order chi connectivity index (χ1) is 7.06. The molecule has 0 aliphatic carbocycles. The number of amides is 1. The van der Waals surface area contributed by atoms with Crippen molar-refractivity contribution >= 4 is 5.91 Å². The van der Waals surface area contributed by atoms with Gasteiger partial charge in [-0.3, -0.25) is 4.79 Å². The lowest BCUT2D eigenvalue weighted by Gasteiger charge is -2.17. The number of imidazole rings is 1. The number of nitrogens with zero attached hydrogens (tertiary/aromatic N) is 2. The van der Waals surface area contributed by atoms with Gasteiger partial charge >= 0.3 is 0 Å². The first kappa shape index (κ1) is 11.7. The highest BCUT2D eigenvalue weighted by atomic mass is 16.1. The van der Waals surface area contributed by atoms with Crippen molar-refractivity contribution in [3.63, 3.8) is 0 Å². The number of hydrogen-bond donors (Lipinski definition) is 2. The molecule has 0 saturated heterocycles. The Morgan fingerprint density at radius 1 is 1.67 bits per heavy atom. The maximum absolute atomic E-state index is 11.2. The Bertz CT molecular complexity index is 332. The molecule has 1 heterocycles. The summed E-state index contributed by atoms with van der Waals surface area (Å²) in [6, 6.07) is -0.0860. The van der Waals surface area contributed by atoms with Gasteiger partial charge in [0.1, 0.15) is 6.54 Å². The molecular weight excluding hydrogens is 192 g/mol. The Kier molecular flexibility index (Phi) is 3.85. The van der Waals surface area contributed by atoms with E-state index in [9.17, 15) is 4.79 Å². The zero-order chi connectivity index (χ0) is 11.4. The quantitative estimate of drug-likeness (QED) is 0.750. The van der Waals surface area contributed by atoms with Gasteiger partial charge in [-0.05, 0) is 5.92 Å². The Hall–Kier alpha value is -1.36. The maximum Gasteiger partial charge on any atom is 0.239 e. The van der Waals surface area contributed by atoms with Crippen LogP contribution in [0.1, 0.15) is 25.6 Å². The lowest BCUT2D eigenvalue weighted by molar-refractivity contribution is -0.121. The molecule has 0 saturated carbocycles. The van der Waals surface area contributed by atoms with Gasteiger partial charge in [-0.1, -0.05) is 13.8 Å². The summed E-state index contributed by atoms with van der Waals surface area (Å²) < 4.78 is 1.78. The fourth-order valence-electron chi connectivity index (χ4n) is 1.32. The lowest BCUT2D eigenvalue weighted by atomic mass is 10.0. The minimum atomic E-state index is -0.0860. The molecule has 1 unspecified atom stereocenters. The highest BCUT2D eigenvalue weighted by molar-refractivity contribution is 5.75. The third kappa shape index (κ3) is 2.79. The van der Waals surface area contributed by atoms with E-state index < -0.39 is 0 Å². The van der Waals surface area contributed by atoms with Crippen LogP contribution in [0.2, 0.25) is 0 Å². The molecule has 0 spiro atoms. The number of nitrogens with one attached hydrogen (secondary N) is 1. The summed E-state index contributed by atoms with van der Waals surface area (Å²) in [5.41, 5.74) is 6.90. The summed E-state index contributed by atoms with van der Waals surface area (Å²) >= 11 is 0. The van der Waals surface area contributed by atoms with E-state index in [2.05, 4.69) is 10.3 Å². The van der Waals surface area contributed by atoms with Crippen molar-refractivity contribution in [2.75, 3.05) is 7.05 Å². The molecule has 5 nitrogen and oxygen atoms in total. The molecule has 5 heteroatoms. The van der Waals surface area contributed by atoms with Gasteiger partial charge in [0.25, 0.3) is 0 Å². The first-order valence-corrected chi connectivity index (χ1v) is 5.02. The van der Waals surface area contributed by atoms with Gasteiger partial charge in [0.05, 0.1) is 12.0 Å². The second kappa shape index (κ2) is 4.93. The molecule has 0 aromatic carbocycles. The number of hydrogen-bond acceptors (Lipinski definition) is 3. The van der Waals surface area contributed by atoms with Gasteiger partial charge < -0.3 is 15.6 Å². The maximum atomic E-state index is 11.2. The van der Waals surface area contributed by atoms with E-state index in [1.165, 1.54) is 0 Å². The number of carbonyl (C=O) groups is 1. The van der Waals surface area contributed by atoms with Gasteiger partial charge in [0, 0.05) is 19.3 Å². The fourth-order valence-corrected chi connectivity index (χ4v) is 1.32. The molecule has 3 N–H and O–H groups in total. The van der Waals surface area contributed by atoms with Crippen molar-refractivity contribution < 1.29 is 4.79 Å². The lowest BCUT2D eigenvalue weighted by Crippen LogP contribution is -2.27. The zero-order valence-corrected chi connectivity index (χ0v) is 9.40. The Morgan fingerprint density at radius 2 is 2.33 bits per heavy atom. The Labute approximate surface area is 89.7 Å². The fraction of sp³-hybridized carbons (Fsp3) is 0.600. The average Bonchev–Trinajstić information content (AvgIpc) is 2.64. The molecule has 1 aromatic rings. The van der Waals surface area contributed by atoms with Crippen molar-refractivity contribution in [1.29, 1.82) is 0 Å². The van der Waals surface area contributed by atoms with Crippen molar-refractivity contribution in [3.8, 4) is 0 Å². The molecule has 1 atom stereocenters. The molecule has 0 aliphatic heterocycles. The number of likely N-dealkylation sites (N-methyl/N-ethyl adjacent to an activating group) is 1. The number of rotatable bonds is 4. The number of carbonyl (C=O) groups excluding carboxylic acids is 1. The third-order valence-electron chi connectivity index (χ3n) is 2.40. The molecule has 0 radical (unpaired) electrons. The molecule has 84 valence electrons. The summed E-state index contributed by atoms with van der Waals surface area (Å²) in [5, 5.41) is 2.57. The smallest absolute Gasteiger partial charge is 0.239 e. The van der Waals surface area contributed by atoms with Crippen LogP contribution in [0, 0.1) is 5.92 Å². The van der Waals surface area contributed by atoms with Gasteiger partial charge in [0.2, 0.25) is 5.91 Å². The van der Waals surface area contributed by atoms with Crippen molar-refractivity contribution in [3.05, 3.63) is 18.2 Å². The van der Waals surface area contributed by atoms with Crippen LogP contribution < -0.4 is 11.1 Å². The minimum Gasteiger partial charge on any atom is -0.358 e. The van der Waals surface area contributed by atoms with Crippen molar-refractivity contribution in [2.45, 2.75) is 26.4 Å². The summed E-state index contributed by atoms with van der Waals surface area (Å²) in [5.74, 6) is 0.273. The summed E-state index contributed by atoms with van der Waals surface area (Å²) in [6.07, 6.45) is 3.35. The van der Waals surface area contributed by atoms with Crippen LogP contribution in [0.3, 0.4) is 0 Å². The standard InChI is InChI=1S/C10H18N4O/c1-7(2)10(11)8-4-13-6-14(8)5-9(15)12-3/h4,6-7,10H,5,11H2,1-3H3,(H,12,15). The minimum absolute atomic E-state index is 0.0507. The van der Waals surface area contributed by atoms with E-state index in [1.807, 2.05) is 13.8 Å². The molecule has 0 aliphatic rings. The predicted octanol–water partition coefficient (Wildman–Crippen LogP) is 0.285. The summed E-state index contributed by atoms with van der Waals surface area (Å²) in [7, 11) is 1.61. The predicted molar refractivity (Wildman–Crippen MR) is 58.1 cm³/mol. The van der Waals surface area contributed by atoms with E-state index in [0.29, 0.717) is 5.92 Å². The summed E-state index contributed by atoms with van der Waals surface area (Å²) in [6.45, 7) is 4.36. The number of aromatic nitrogens is 2. The Morgan fingerprint density at radius 3 is 2.87 bits per heavy atom. The molecule has 0 bridgehead atoms.